The van der Waals surface area contributed by atoms with Gasteiger partial charge in [-0.25, -0.2) is 4.79 Å². The van der Waals surface area contributed by atoms with Gasteiger partial charge in [0.1, 0.15) is 11.8 Å². The van der Waals surface area contributed by atoms with Gasteiger partial charge in [-0.1, -0.05) is 0 Å². The summed E-state index contributed by atoms with van der Waals surface area (Å²) in [5.41, 5.74) is 0. The van der Waals surface area contributed by atoms with Crippen LogP contribution in [0.2, 0.25) is 0 Å². The summed E-state index contributed by atoms with van der Waals surface area (Å²) in [6.45, 7) is 0.420. The third kappa shape index (κ3) is 3.32. The smallest absolute Gasteiger partial charge is 0.371 e. The molecule has 2 rings (SSSR count). The lowest BCUT2D eigenvalue weighted by atomic mass is 10.2. The molecule has 0 saturated carbocycles. The van der Waals surface area contributed by atoms with Crippen LogP contribution in [-0.4, -0.2) is 42.0 Å². The minimum atomic E-state index is -1.16. The largest absolute Gasteiger partial charge is 0.475 e. The van der Waals surface area contributed by atoms with E-state index >= 15 is 0 Å². The van der Waals surface area contributed by atoms with Crippen LogP contribution in [0, 0.1) is 0 Å². The fourth-order valence-electron chi connectivity index (χ4n) is 1.64. The number of hydrogen-bond donors (Lipinski definition) is 4. The van der Waals surface area contributed by atoms with Gasteiger partial charge in [-0.3, -0.25) is 14.9 Å². The Bertz CT molecular complexity index is 500. The number of carbonyl (C=O) groups is 3. The molecule has 19 heavy (non-hydrogen) atoms. The number of rotatable bonds is 4. The van der Waals surface area contributed by atoms with Crippen molar-refractivity contribution >= 4 is 17.8 Å². The van der Waals surface area contributed by atoms with E-state index < -0.39 is 12.0 Å². The highest BCUT2D eigenvalue weighted by molar-refractivity contribution is 5.86. The molecule has 0 aromatic carbocycles. The minimum Gasteiger partial charge on any atom is -0.475 e. The number of amides is 2. The molecule has 1 saturated heterocycles. The fraction of sp³-hybridized carbons (Fsp3) is 0.364. The highest BCUT2D eigenvalue weighted by Gasteiger charge is 2.23. The van der Waals surface area contributed by atoms with Crippen LogP contribution in [0.4, 0.5) is 0 Å². The molecule has 0 radical (unpaired) electrons. The Labute approximate surface area is 108 Å². The Morgan fingerprint density at radius 2 is 2.26 bits per heavy atom. The number of nitrogens with one attached hydrogen (secondary N) is 3. The number of aromatic carboxylic acids is 1. The highest BCUT2D eigenvalue weighted by Crippen LogP contribution is 2.07. The lowest BCUT2D eigenvalue weighted by molar-refractivity contribution is -0.126. The molecule has 8 heteroatoms. The van der Waals surface area contributed by atoms with Gasteiger partial charge in [0, 0.05) is 6.54 Å². The number of hydrogen-bond acceptors (Lipinski definition) is 5. The first-order chi connectivity index (χ1) is 9.06. The maximum atomic E-state index is 11.7. The summed E-state index contributed by atoms with van der Waals surface area (Å²) in [5.74, 6) is -1.42. The van der Waals surface area contributed by atoms with Gasteiger partial charge in [0.05, 0.1) is 13.1 Å². The van der Waals surface area contributed by atoms with Gasteiger partial charge in [0.25, 0.3) is 0 Å². The zero-order chi connectivity index (χ0) is 13.8. The Hall–Kier alpha value is -2.35. The van der Waals surface area contributed by atoms with Crippen molar-refractivity contribution in [3.05, 3.63) is 23.7 Å². The molecule has 4 N–H and O–H groups in total. The van der Waals surface area contributed by atoms with Crippen LogP contribution in [0.1, 0.15) is 16.3 Å². The van der Waals surface area contributed by atoms with E-state index in [1.54, 1.807) is 0 Å². The first-order valence-corrected chi connectivity index (χ1v) is 5.66. The number of furan rings is 1. The van der Waals surface area contributed by atoms with Crippen LogP contribution in [0.3, 0.4) is 0 Å². The summed E-state index contributed by atoms with van der Waals surface area (Å²) < 4.78 is 5.00. The second-order valence-corrected chi connectivity index (χ2v) is 4.03. The fourth-order valence-corrected chi connectivity index (χ4v) is 1.64. The van der Waals surface area contributed by atoms with Crippen LogP contribution in [0.25, 0.3) is 0 Å². The first kappa shape index (κ1) is 13.1. The normalized spacial score (nSPS) is 18.7. The molecule has 0 bridgehead atoms. The number of carboxylic acids is 1. The molecule has 1 aromatic rings. The summed E-state index contributed by atoms with van der Waals surface area (Å²) in [6, 6.07) is 2.31. The van der Waals surface area contributed by atoms with E-state index in [9.17, 15) is 14.4 Å². The molecule has 2 heterocycles. The molecule has 1 aliphatic rings. The predicted octanol–water partition coefficient (Wildman–Crippen LogP) is -1.32. The van der Waals surface area contributed by atoms with Crippen molar-refractivity contribution in [2.75, 3.05) is 13.1 Å². The van der Waals surface area contributed by atoms with Crippen LogP contribution in [0.5, 0.6) is 0 Å². The van der Waals surface area contributed by atoms with Gasteiger partial charge in [0.15, 0.2) is 0 Å². The second kappa shape index (κ2) is 5.53. The topological polar surface area (TPSA) is 121 Å². The highest BCUT2D eigenvalue weighted by atomic mass is 16.4. The van der Waals surface area contributed by atoms with Crippen molar-refractivity contribution in [2.24, 2.45) is 0 Å². The molecule has 1 unspecified atom stereocenters. The number of carbonyl (C=O) groups excluding carboxylic acids is 2. The lowest BCUT2D eigenvalue weighted by Gasteiger charge is -2.22. The number of piperazine rings is 1. The summed E-state index contributed by atoms with van der Waals surface area (Å²) in [7, 11) is 0. The molecule has 0 aliphatic carbocycles. The molecule has 102 valence electrons. The molecule has 1 aromatic heterocycles. The van der Waals surface area contributed by atoms with Gasteiger partial charge < -0.3 is 20.2 Å². The summed E-state index contributed by atoms with van der Waals surface area (Å²) >= 11 is 0. The molecule has 1 aliphatic heterocycles. The van der Waals surface area contributed by atoms with Crippen molar-refractivity contribution < 1.29 is 23.9 Å². The third-order valence-corrected chi connectivity index (χ3v) is 2.64. The minimum absolute atomic E-state index is 0.0955. The SMILES string of the molecule is O=C1CNC(C(=O)NCc2ccc(C(=O)O)o2)CN1. The maximum Gasteiger partial charge on any atom is 0.371 e. The quantitative estimate of drug-likeness (QED) is 0.537. The van der Waals surface area contributed by atoms with Crippen molar-refractivity contribution in [1.82, 2.24) is 16.0 Å². The number of carboxylic acid groups (broad SMARTS) is 1. The Kier molecular flexibility index (Phi) is 3.81. The van der Waals surface area contributed by atoms with Gasteiger partial charge >= 0.3 is 5.97 Å². The molecule has 8 nitrogen and oxygen atoms in total. The maximum absolute atomic E-state index is 11.7. The average Bonchev–Trinajstić information content (AvgIpc) is 2.86. The van der Waals surface area contributed by atoms with E-state index in [1.807, 2.05) is 0 Å². The van der Waals surface area contributed by atoms with E-state index in [0.717, 1.165) is 0 Å². The zero-order valence-electron chi connectivity index (χ0n) is 9.93. The van der Waals surface area contributed by atoms with Gasteiger partial charge in [-0.2, -0.15) is 0 Å². The predicted molar refractivity (Wildman–Crippen MR) is 62.3 cm³/mol. The summed E-state index contributed by atoms with van der Waals surface area (Å²) in [6.07, 6.45) is 0. The molecule has 0 spiro atoms. The Morgan fingerprint density at radius 1 is 1.47 bits per heavy atom. The van der Waals surface area contributed by atoms with Crippen LogP contribution >= 0.6 is 0 Å². The van der Waals surface area contributed by atoms with Crippen molar-refractivity contribution in [1.29, 1.82) is 0 Å². The Morgan fingerprint density at radius 3 is 2.84 bits per heavy atom. The van der Waals surface area contributed by atoms with E-state index in [4.69, 9.17) is 9.52 Å². The van der Waals surface area contributed by atoms with Crippen molar-refractivity contribution in [3.63, 3.8) is 0 Å². The molecule has 1 fully saturated rings. The monoisotopic (exact) mass is 267 g/mol. The van der Waals surface area contributed by atoms with Crippen LogP contribution in [0.15, 0.2) is 16.5 Å². The van der Waals surface area contributed by atoms with E-state index in [0.29, 0.717) is 5.76 Å². The van der Waals surface area contributed by atoms with E-state index in [1.165, 1.54) is 12.1 Å². The second-order valence-electron chi connectivity index (χ2n) is 4.03. The van der Waals surface area contributed by atoms with Crippen molar-refractivity contribution in [2.45, 2.75) is 12.6 Å². The molecular formula is C11H13N3O5. The average molecular weight is 267 g/mol. The Balaban J connectivity index is 1.82. The van der Waals surface area contributed by atoms with Gasteiger partial charge in [0.2, 0.25) is 17.6 Å². The first-order valence-electron chi connectivity index (χ1n) is 5.66. The van der Waals surface area contributed by atoms with Gasteiger partial charge in [-0.05, 0) is 12.1 Å². The van der Waals surface area contributed by atoms with E-state index in [2.05, 4.69) is 16.0 Å². The third-order valence-electron chi connectivity index (χ3n) is 2.64. The summed E-state index contributed by atoms with van der Waals surface area (Å²) in [4.78, 5) is 33.2. The molecular weight excluding hydrogens is 254 g/mol. The van der Waals surface area contributed by atoms with Crippen LogP contribution < -0.4 is 16.0 Å². The van der Waals surface area contributed by atoms with Crippen LogP contribution in [-0.2, 0) is 16.1 Å². The molecule has 2 amide bonds. The van der Waals surface area contributed by atoms with E-state index in [-0.39, 0.29) is 37.2 Å². The zero-order valence-corrected chi connectivity index (χ0v) is 9.93. The van der Waals surface area contributed by atoms with Crippen molar-refractivity contribution in [3.8, 4) is 0 Å². The standard InChI is InChI=1S/C11H13N3O5/c15-9-5-12-7(4-13-9)10(16)14-3-6-1-2-8(19-6)11(17)18/h1-2,7,12H,3-5H2,(H,13,15)(H,14,16)(H,17,18). The van der Waals surface area contributed by atoms with Gasteiger partial charge in [-0.15, -0.1) is 0 Å². The lowest BCUT2D eigenvalue weighted by Crippen LogP contribution is -2.57. The summed E-state index contributed by atoms with van der Waals surface area (Å²) in [5, 5.41) is 16.6. The molecule has 1 atom stereocenters.